The van der Waals surface area contributed by atoms with Crippen LogP contribution in [0, 0.1) is 12.8 Å². The Morgan fingerprint density at radius 1 is 1.21 bits per heavy atom. The van der Waals surface area contributed by atoms with E-state index < -0.39 is 5.41 Å². The molecule has 4 heterocycles. The van der Waals surface area contributed by atoms with Crippen LogP contribution in [0.4, 0.5) is 5.69 Å². The van der Waals surface area contributed by atoms with Gasteiger partial charge in [-0.15, -0.1) is 0 Å². The Kier molecular flexibility index (Phi) is 4.90. The smallest absolute Gasteiger partial charge is 0.316 e. The quantitative estimate of drug-likeness (QED) is 0.629. The van der Waals surface area contributed by atoms with E-state index in [1.807, 2.05) is 29.3 Å². The summed E-state index contributed by atoms with van der Waals surface area (Å²) >= 11 is 0. The van der Waals surface area contributed by atoms with Gasteiger partial charge in [-0.25, -0.2) is 4.98 Å². The minimum absolute atomic E-state index is 0.109. The van der Waals surface area contributed by atoms with E-state index in [-0.39, 0.29) is 5.91 Å². The number of aromatic nitrogens is 4. The number of likely N-dealkylation sites (tertiary alicyclic amines) is 1. The monoisotopic (exact) mass is 444 g/mol. The van der Waals surface area contributed by atoms with Crippen LogP contribution in [0.5, 0.6) is 6.01 Å². The Balaban J connectivity index is 1.36. The number of hydrogen-bond donors (Lipinski definition) is 1. The fourth-order valence-electron chi connectivity index (χ4n) is 5.01. The third-order valence-corrected chi connectivity index (χ3v) is 7.07. The van der Waals surface area contributed by atoms with E-state index in [2.05, 4.69) is 39.1 Å². The number of carbonyl (C=O) groups excluding carboxylic acids is 1. The van der Waals surface area contributed by atoms with Crippen molar-refractivity contribution < 1.29 is 9.53 Å². The molecule has 8 heteroatoms. The highest BCUT2D eigenvalue weighted by atomic mass is 16.5. The van der Waals surface area contributed by atoms with Crippen LogP contribution in [0.2, 0.25) is 0 Å². The first kappa shape index (κ1) is 20.4. The van der Waals surface area contributed by atoms with Crippen LogP contribution in [0.15, 0.2) is 42.7 Å². The summed E-state index contributed by atoms with van der Waals surface area (Å²) in [6.07, 6.45) is 6.76. The average molecular weight is 445 g/mol. The summed E-state index contributed by atoms with van der Waals surface area (Å²) in [7, 11) is 0. The molecule has 1 saturated heterocycles. The number of ether oxygens (including phenoxy) is 1. The van der Waals surface area contributed by atoms with E-state index in [9.17, 15) is 4.79 Å². The molecule has 0 bridgehead atoms. The van der Waals surface area contributed by atoms with Gasteiger partial charge in [0.1, 0.15) is 5.41 Å². The van der Waals surface area contributed by atoms with Crippen molar-refractivity contribution in [3.8, 4) is 6.01 Å². The highest BCUT2D eigenvalue weighted by molar-refractivity contribution is 6.03. The van der Waals surface area contributed by atoms with Crippen molar-refractivity contribution in [2.24, 2.45) is 5.92 Å². The lowest BCUT2D eigenvalue weighted by Gasteiger charge is -2.40. The van der Waals surface area contributed by atoms with Gasteiger partial charge < -0.3 is 9.64 Å². The molecule has 2 aromatic heterocycles. The molecule has 8 nitrogen and oxygen atoms in total. The number of benzene rings is 1. The second-order valence-electron chi connectivity index (χ2n) is 9.63. The Bertz CT molecular complexity index is 1160. The van der Waals surface area contributed by atoms with Crippen molar-refractivity contribution in [1.82, 2.24) is 25.1 Å². The van der Waals surface area contributed by atoms with Gasteiger partial charge in [-0.1, -0.05) is 17.7 Å². The van der Waals surface area contributed by atoms with Gasteiger partial charge in [0, 0.05) is 49.0 Å². The summed E-state index contributed by atoms with van der Waals surface area (Å²) in [5, 5.41) is 7.10. The molecule has 2 fully saturated rings. The Hall–Kier alpha value is -3.26. The lowest BCUT2D eigenvalue weighted by molar-refractivity contribution is -0.124. The zero-order chi connectivity index (χ0) is 22.4. The molecule has 1 N–H and O–H groups in total. The number of aryl methyl sites for hydroxylation is 1. The normalized spacial score (nSPS) is 22.7. The fourth-order valence-corrected chi connectivity index (χ4v) is 5.01. The van der Waals surface area contributed by atoms with E-state index in [0.717, 1.165) is 35.7 Å². The molecule has 1 saturated carbocycles. The maximum atomic E-state index is 14.1. The van der Waals surface area contributed by atoms with Crippen molar-refractivity contribution in [1.29, 1.82) is 0 Å². The lowest BCUT2D eigenvalue weighted by Crippen LogP contribution is -2.53. The number of amides is 1. The van der Waals surface area contributed by atoms with Gasteiger partial charge in [0.25, 0.3) is 0 Å². The van der Waals surface area contributed by atoms with E-state index >= 15 is 0 Å². The van der Waals surface area contributed by atoms with E-state index in [0.29, 0.717) is 38.0 Å². The van der Waals surface area contributed by atoms with E-state index in [4.69, 9.17) is 9.72 Å². The highest BCUT2D eigenvalue weighted by Crippen LogP contribution is 2.43. The summed E-state index contributed by atoms with van der Waals surface area (Å²) in [5.74, 6) is 0.728. The first-order valence-electron chi connectivity index (χ1n) is 11.7. The number of anilines is 1. The molecule has 3 aromatic rings. The first-order chi connectivity index (χ1) is 16.1. The third-order valence-electron chi connectivity index (χ3n) is 7.07. The van der Waals surface area contributed by atoms with Gasteiger partial charge in [0.15, 0.2) is 0 Å². The largest absolute Gasteiger partial charge is 0.463 e. The van der Waals surface area contributed by atoms with Crippen molar-refractivity contribution in [2.45, 2.75) is 44.7 Å². The van der Waals surface area contributed by atoms with Crippen LogP contribution in [-0.2, 0) is 23.3 Å². The molecule has 0 radical (unpaired) electrons. The predicted octanol–water partition coefficient (Wildman–Crippen LogP) is 2.99. The first-order valence-corrected chi connectivity index (χ1v) is 11.7. The minimum atomic E-state index is -0.709. The van der Waals surface area contributed by atoms with Gasteiger partial charge >= 0.3 is 6.01 Å². The molecule has 3 aliphatic rings. The maximum Gasteiger partial charge on any atom is 0.316 e. The zero-order valence-electron chi connectivity index (χ0n) is 18.8. The molecule has 1 aromatic carbocycles. The van der Waals surface area contributed by atoms with Crippen LogP contribution in [-0.4, -0.2) is 50.7 Å². The van der Waals surface area contributed by atoms with Crippen LogP contribution >= 0.6 is 0 Å². The molecule has 2 aliphatic heterocycles. The fraction of sp³-hybridized carbons (Fsp3) is 0.440. The third kappa shape index (κ3) is 3.78. The highest BCUT2D eigenvalue weighted by Gasteiger charge is 2.53. The molecular weight excluding hydrogens is 416 g/mol. The SMILES string of the molecule is Cc1ccc(N2Cc3cnc(OCC4CC4)nc3C3(CCN(Cc4ccn[nH]4)C3)C2=O)cc1. The van der Waals surface area contributed by atoms with Gasteiger partial charge in [-0.3, -0.25) is 14.8 Å². The summed E-state index contributed by atoms with van der Waals surface area (Å²) in [6, 6.07) is 10.5. The summed E-state index contributed by atoms with van der Waals surface area (Å²) < 4.78 is 5.90. The van der Waals surface area contributed by atoms with Crippen molar-refractivity contribution in [3.05, 3.63) is 65.2 Å². The van der Waals surface area contributed by atoms with Crippen molar-refractivity contribution in [3.63, 3.8) is 0 Å². The summed E-state index contributed by atoms with van der Waals surface area (Å²) in [4.78, 5) is 27.7. The van der Waals surface area contributed by atoms with Crippen molar-refractivity contribution >= 4 is 11.6 Å². The Morgan fingerprint density at radius 3 is 2.82 bits per heavy atom. The molecule has 1 unspecified atom stereocenters. The molecule has 33 heavy (non-hydrogen) atoms. The van der Waals surface area contributed by atoms with Crippen LogP contribution in [0.3, 0.4) is 0 Å². The topological polar surface area (TPSA) is 87.2 Å². The van der Waals surface area contributed by atoms with Gasteiger partial charge in [-0.2, -0.15) is 10.1 Å². The van der Waals surface area contributed by atoms with Gasteiger partial charge in [0.2, 0.25) is 5.91 Å². The van der Waals surface area contributed by atoms with Crippen LogP contribution < -0.4 is 9.64 Å². The minimum Gasteiger partial charge on any atom is -0.463 e. The summed E-state index contributed by atoms with van der Waals surface area (Å²) in [5.41, 5.74) is 4.25. The number of nitrogens with one attached hydrogen (secondary N) is 1. The zero-order valence-corrected chi connectivity index (χ0v) is 18.8. The second kappa shape index (κ2) is 7.95. The van der Waals surface area contributed by atoms with Gasteiger partial charge in [0.05, 0.1) is 18.8 Å². The molecule has 1 aliphatic carbocycles. The standard InChI is InChI=1S/C25H28N6O2/c1-17-2-6-21(7-3-17)31-13-19-12-26-24(33-15-18-4-5-18)28-22(19)25(23(31)32)9-11-30(16-25)14-20-8-10-27-29-20/h2-3,6-8,10,12,18H,4-5,9,11,13-16H2,1H3,(H,27,29). The summed E-state index contributed by atoms with van der Waals surface area (Å²) in [6.45, 7) is 5.34. The number of rotatable bonds is 6. The van der Waals surface area contributed by atoms with Crippen LogP contribution in [0.25, 0.3) is 0 Å². The molecule has 6 rings (SSSR count). The van der Waals surface area contributed by atoms with Gasteiger partial charge in [-0.05, 0) is 50.3 Å². The molecule has 1 atom stereocenters. The number of aromatic amines is 1. The Labute approximate surface area is 193 Å². The predicted molar refractivity (Wildman–Crippen MR) is 123 cm³/mol. The van der Waals surface area contributed by atoms with Crippen LogP contribution in [0.1, 0.15) is 41.8 Å². The van der Waals surface area contributed by atoms with E-state index in [1.165, 1.54) is 18.4 Å². The number of hydrogen-bond acceptors (Lipinski definition) is 6. The number of fused-ring (bicyclic) bond motifs is 2. The number of H-pyrrole nitrogens is 1. The molecule has 1 amide bonds. The number of nitrogens with zero attached hydrogens (tertiary/aromatic N) is 5. The number of carbonyl (C=O) groups is 1. The molecular formula is C25H28N6O2. The van der Waals surface area contributed by atoms with Crippen molar-refractivity contribution in [2.75, 3.05) is 24.6 Å². The average Bonchev–Trinajstić information content (AvgIpc) is 3.34. The Morgan fingerprint density at radius 2 is 2.06 bits per heavy atom. The lowest BCUT2D eigenvalue weighted by atomic mass is 9.77. The second-order valence-corrected chi connectivity index (χ2v) is 9.63. The molecule has 170 valence electrons. The van der Waals surface area contributed by atoms with E-state index in [1.54, 1.807) is 6.20 Å². The molecule has 1 spiro atoms. The maximum absolute atomic E-state index is 14.1.